The summed E-state index contributed by atoms with van der Waals surface area (Å²) in [6.45, 7) is 4.35. The van der Waals surface area contributed by atoms with Crippen molar-refractivity contribution in [1.29, 1.82) is 0 Å². The summed E-state index contributed by atoms with van der Waals surface area (Å²) in [5, 5.41) is 9.37. The van der Waals surface area contributed by atoms with E-state index in [0.29, 0.717) is 11.8 Å². The van der Waals surface area contributed by atoms with Gasteiger partial charge in [-0.05, 0) is 31.6 Å². The monoisotopic (exact) mass is 178 g/mol. The molecular weight excluding hydrogens is 160 g/mol. The first-order valence-corrected chi connectivity index (χ1v) is 4.94. The normalized spacial score (nSPS) is 13.9. The average molecular weight is 179 g/mol. The molecule has 1 unspecified atom stereocenters. The van der Waals surface area contributed by atoms with Crippen molar-refractivity contribution in [3.05, 3.63) is 0 Å². The van der Waals surface area contributed by atoms with Gasteiger partial charge in [-0.3, -0.25) is 0 Å². The maximum Gasteiger partial charge on any atom is 0.0540 e. The minimum absolute atomic E-state index is 0.129. The Morgan fingerprint density at radius 3 is 2.27 bits per heavy atom. The van der Waals surface area contributed by atoms with Crippen molar-refractivity contribution in [1.82, 2.24) is 0 Å². The van der Waals surface area contributed by atoms with E-state index < -0.39 is 0 Å². The fraction of sp³-hybridized carbons (Fsp3) is 1.00. The van der Waals surface area contributed by atoms with Crippen LogP contribution in [0.1, 0.15) is 39.5 Å². The molecule has 11 heavy (non-hydrogen) atoms. The largest absolute Gasteiger partial charge is 0.393 e. The highest BCUT2D eigenvalue weighted by Crippen LogP contribution is 2.10. The molecule has 0 aromatic rings. The second-order valence-electron chi connectivity index (χ2n) is 3.46. The number of rotatable bonds is 6. The van der Waals surface area contributed by atoms with Crippen LogP contribution in [0.25, 0.3) is 0 Å². The van der Waals surface area contributed by atoms with Crippen LogP contribution in [0.2, 0.25) is 0 Å². The molecule has 0 bridgehead atoms. The SMILES string of the molecule is CC(C)CCC(O)CCCCl. The molecule has 1 atom stereocenters. The zero-order chi connectivity index (χ0) is 8.69. The standard InChI is InChI=1S/C9H19ClO/c1-8(2)5-6-9(11)4-3-7-10/h8-9,11H,3-7H2,1-2H3. The van der Waals surface area contributed by atoms with Crippen molar-refractivity contribution in [3.63, 3.8) is 0 Å². The third kappa shape index (κ3) is 8.15. The Labute approximate surface area is 74.8 Å². The second kappa shape index (κ2) is 6.93. The van der Waals surface area contributed by atoms with Gasteiger partial charge in [-0.25, -0.2) is 0 Å². The number of aliphatic hydroxyl groups excluding tert-OH is 1. The molecule has 0 aromatic carbocycles. The average Bonchev–Trinajstić information content (AvgIpc) is 1.97. The Kier molecular flexibility index (Phi) is 7.09. The van der Waals surface area contributed by atoms with Gasteiger partial charge >= 0.3 is 0 Å². The highest BCUT2D eigenvalue weighted by Gasteiger charge is 2.04. The van der Waals surface area contributed by atoms with Crippen LogP contribution in [0.3, 0.4) is 0 Å². The lowest BCUT2D eigenvalue weighted by Gasteiger charge is -2.10. The summed E-state index contributed by atoms with van der Waals surface area (Å²) in [5.74, 6) is 1.36. The molecule has 1 N–H and O–H groups in total. The summed E-state index contributed by atoms with van der Waals surface area (Å²) in [5.41, 5.74) is 0. The first kappa shape index (κ1) is 11.2. The van der Waals surface area contributed by atoms with Gasteiger partial charge in [0.15, 0.2) is 0 Å². The Balaban J connectivity index is 3.15. The van der Waals surface area contributed by atoms with Gasteiger partial charge in [0.25, 0.3) is 0 Å². The van der Waals surface area contributed by atoms with Crippen molar-refractivity contribution in [3.8, 4) is 0 Å². The zero-order valence-corrected chi connectivity index (χ0v) is 8.27. The van der Waals surface area contributed by atoms with Gasteiger partial charge in [-0.2, -0.15) is 0 Å². The third-order valence-corrected chi connectivity index (χ3v) is 2.02. The maximum absolute atomic E-state index is 9.37. The molecule has 0 radical (unpaired) electrons. The lowest BCUT2D eigenvalue weighted by atomic mass is 10.0. The molecular formula is C9H19ClO. The predicted octanol–water partition coefficient (Wildman–Crippen LogP) is 2.80. The first-order valence-electron chi connectivity index (χ1n) is 4.40. The van der Waals surface area contributed by atoms with E-state index in [9.17, 15) is 5.11 Å². The molecule has 0 saturated carbocycles. The molecule has 68 valence electrons. The fourth-order valence-corrected chi connectivity index (χ4v) is 1.14. The van der Waals surface area contributed by atoms with Crippen molar-refractivity contribution in [2.45, 2.75) is 45.6 Å². The Morgan fingerprint density at radius 1 is 1.18 bits per heavy atom. The van der Waals surface area contributed by atoms with Crippen molar-refractivity contribution >= 4 is 11.6 Å². The molecule has 0 heterocycles. The van der Waals surface area contributed by atoms with Crippen LogP contribution in [-0.2, 0) is 0 Å². The summed E-state index contributed by atoms with van der Waals surface area (Å²) < 4.78 is 0. The molecule has 0 aliphatic rings. The first-order chi connectivity index (χ1) is 5.16. The van der Waals surface area contributed by atoms with Crippen LogP contribution in [-0.4, -0.2) is 17.1 Å². The Morgan fingerprint density at radius 2 is 1.82 bits per heavy atom. The van der Waals surface area contributed by atoms with E-state index in [4.69, 9.17) is 11.6 Å². The molecule has 1 nitrogen and oxygen atoms in total. The minimum atomic E-state index is -0.129. The summed E-state index contributed by atoms with van der Waals surface area (Å²) in [6, 6.07) is 0. The van der Waals surface area contributed by atoms with Crippen LogP contribution in [0, 0.1) is 5.92 Å². The van der Waals surface area contributed by atoms with E-state index in [-0.39, 0.29) is 6.10 Å². The lowest BCUT2D eigenvalue weighted by Crippen LogP contribution is -2.07. The quantitative estimate of drug-likeness (QED) is 0.621. The summed E-state index contributed by atoms with van der Waals surface area (Å²) in [4.78, 5) is 0. The molecule has 0 spiro atoms. The summed E-state index contributed by atoms with van der Waals surface area (Å²) in [7, 11) is 0. The van der Waals surface area contributed by atoms with Crippen LogP contribution in [0.15, 0.2) is 0 Å². The highest BCUT2D eigenvalue weighted by molar-refractivity contribution is 6.17. The summed E-state index contributed by atoms with van der Waals surface area (Å²) >= 11 is 5.50. The van der Waals surface area contributed by atoms with Crippen LogP contribution in [0.5, 0.6) is 0 Å². The maximum atomic E-state index is 9.37. The van der Waals surface area contributed by atoms with Crippen LogP contribution in [0.4, 0.5) is 0 Å². The molecule has 2 heteroatoms. The molecule has 0 aromatic heterocycles. The van der Waals surface area contributed by atoms with Gasteiger partial charge in [0.2, 0.25) is 0 Å². The highest BCUT2D eigenvalue weighted by atomic mass is 35.5. The van der Waals surface area contributed by atoms with Crippen molar-refractivity contribution in [2.24, 2.45) is 5.92 Å². The van der Waals surface area contributed by atoms with Crippen LogP contribution >= 0.6 is 11.6 Å². The lowest BCUT2D eigenvalue weighted by molar-refractivity contribution is 0.146. The number of hydrogen-bond acceptors (Lipinski definition) is 1. The molecule has 0 fully saturated rings. The van der Waals surface area contributed by atoms with E-state index in [1.54, 1.807) is 0 Å². The number of hydrogen-bond donors (Lipinski definition) is 1. The van der Waals surface area contributed by atoms with E-state index in [1.165, 1.54) is 0 Å². The number of alkyl halides is 1. The Bertz CT molecular complexity index is 83.6. The predicted molar refractivity (Wildman–Crippen MR) is 50.0 cm³/mol. The molecule has 0 rings (SSSR count). The minimum Gasteiger partial charge on any atom is -0.393 e. The van der Waals surface area contributed by atoms with Gasteiger partial charge in [0.05, 0.1) is 6.10 Å². The van der Waals surface area contributed by atoms with E-state index in [1.807, 2.05) is 0 Å². The molecule has 0 aliphatic heterocycles. The molecule has 0 aliphatic carbocycles. The second-order valence-corrected chi connectivity index (χ2v) is 3.83. The van der Waals surface area contributed by atoms with Gasteiger partial charge < -0.3 is 5.11 Å². The van der Waals surface area contributed by atoms with Gasteiger partial charge in [0.1, 0.15) is 0 Å². The molecule has 0 saturated heterocycles. The van der Waals surface area contributed by atoms with Crippen LogP contribution < -0.4 is 0 Å². The fourth-order valence-electron chi connectivity index (χ4n) is 0.983. The third-order valence-electron chi connectivity index (χ3n) is 1.75. The van der Waals surface area contributed by atoms with Gasteiger partial charge in [0, 0.05) is 5.88 Å². The zero-order valence-electron chi connectivity index (χ0n) is 7.52. The van der Waals surface area contributed by atoms with Crippen molar-refractivity contribution in [2.75, 3.05) is 5.88 Å². The van der Waals surface area contributed by atoms with Crippen molar-refractivity contribution < 1.29 is 5.11 Å². The molecule has 0 amide bonds. The Hall–Kier alpha value is 0.250. The van der Waals surface area contributed by atoms with E-state index in [2.05, 4.69) is 13.8 Å². The van der Waals surface area contributed by atoms with Gasteiger partial charge in [-0.15, -0.1) is 11.6 Å². The number of aliphatic hydroxyl groups is 1. The summed E-state index contributed by atoms with van der Waals surface area (Å²) in [6.07, 6.45) is 3.70. The smallest absolute Gasteiger partial charge is 0.0540 e. The number of halogens is 1. The van der Waals surface area contributed by atoms with Gasteiger partial charge in [-0.1, -0.05) is 13.8 Å². The van der Waals surface area contributed by atoms with E-state index >= 15 is 0 Å². The van der Waals surface area contributed by atoms with E-state index in [0.717, 1.165) is 25.7 Å². The topological polar surface area (TPSA) is 20.2 Å².